The standard InChI is InChI=1S/C15H16N4O2/c1-10-7-11(9-17-8-10)15(20)19(2)13-6-4-3-5-12(13)14(16)18-21/h3-9,21H,1-2H3,(H2,16,18). The first kappa shape index (κ1) is 14.5. The van der Waals surface area contributed by atoms with Crippen LogP contribution in [0.2, 0.25) is 0 Å². The Bertz CT molecular complexity index is 698. The van der Waals surface area contributed by atoms with E-state index in [1.165, 1.54) is 11.1 Å². The summed E-state index contributed by atoms with van der Waals surface area (Å²) in [5, 5.41) is 11.8. The molecule has 0 saturated heterocycles. The van der Waals surface area contributed by atoms with Crippen LogP contribution in [0.3, 0.4) is 0 Å². The summed E-state index contributed by atoms with van der Waals surface area (Å²) < 4.78 is 0. The molecule has 0 fully saturated rings. The third-order valence-corrected chi connectivity index (χ3v) is 3.08. The summed E-state index contributed by atoms with van der Waals surface area (Å²) in [7, 11) is 1.63. The number of hydrogen-bond donors (Lipinski definition) is 2. The van der Waals surface area contributed by atoms with Gasteiger partial charge in [0.05, 0.1) is 11.3 Å². The predicted molar refractivity (Wildman–Crippen MR) is 80.7 cm³/mol. The molecule has 2 aromatic rings. The summed E-state index contributed by atoms with van der Waals surface area (Å²) in [6.45, 7) is 1.87. The molecular weight excluding hydrogens is 268 g/mol. The zero-order valence-electron chi connectivity index (χ0n) is 11.8. The van der Waals surface area contributed by atoms with Crippen LogP contribution in [0.25, 0.3) is 0 Å². The van der Waals surface area contributed by atoms with E-state index in [4.69, 9.17) is 10.9 Å². The molecule has 0 atom stereocenters. The second-order valence-electron chi connectivity index (χ2n) is 4.62. The second kappa shape index (κ2) is 6.04. The summed E-state index contributed by atoms with van der Waals surface area (Å²) >= 11 is 0. The Morgan fingerprint density at radius 1 is 1.33 bits per heavy atom. The van der Waals surface area contributed by atoms with Gasteiger partial charge in [0.2, 0.25) is 0 Å². The summed E-state index contributed by atoms with van der Waals surface area (Å²) in [4.78, 5) is 18.0. The molecule has 0 saturated carbocycles. The van der Waals surface area contributed by atoms with Gasteiger partial charge in [-0.25, -0.2) is 0 Å². The van der Waals surface area contributed by atoms with E-state index in [-0.39, 0.29) is 11.7 Å². The first-order valence-corrected chi connectivity index (χ1v) is 6.31. The fourth-order valence-corrected chi connectivity index (χ4v) is 2.01. The van der Waals surface area contributed by atoms with Crippen molar-refractivity contribution >= 4 is 17.4 Å². The molecule has 1 aromatic heterocycles. The van der Waals surface area contributed by atoms with E-state index in [0.29, 0.717) is 16.8 Å². The van der Waals surface area contributed by atoms with Crippen molar-refractivity contribution < 1.29 is 10.0 Å². The number of nitrogens with zero attached hydrogens (tertiary/aromatic N) is 3. The van der Waals surface area contributed by atoms with E-state index in [9.17, 15) is 4.79 Å². The highest BCUT2D eigenvalue weighted by Gasteiger charge is 2.18. The highest BCUT2D eigenvalue weighted by Crippen LogP contribution is 2.21. The molecule has 108 valence electrons. The number of aromatic nitrogens is 1. The molecule has 2 rings (SSSR count). The minimum absolute atomic E-state index is 0.0485. The minimum atomic E-state index is -0.218. The van der Waals surface area contributed by atoms with Crippen molar-refractivity contribution in [3.8, 4) is 0 Å². The van der Waals surface area contributed by atoms with Crippen molar-refractivity contribution in [2.75, 3.05) is 11.9 Å². The van der Waals surface area contributed by atoms with E-state index in [0.717, 1.165) is 5.56 Å². The van der Waals surface area contributed by atoms with Gasteiger partial charge in [0.1, 0.15) is 0 Å². The number of hydrogen-bond acceptors (Lipinski definition) is 4. The smallest absolute Gasteiger partial charge is 0.259 e. The zero-order valence-corrected chi connectivity index (χ0v) is 11.8. The number of pyridine rings is 1. The minimum Gasteiger partial charge on any atom is -0.409 e. The molecule has 6 nitrogen and oxygen atoms in total. The van der Waals surface area contributed by atoms with E-state index in [1.54, 1.807) is 43.6 Å². The topological polar surface area (TPSA) is 91.8 Å². The number of carbonyl (C=O) groups is 1. The quantitative estimate of drug-likeness (QED) is 0.389. The molecule has 0 spiro atoms. The SMILES string of the molecule is Cc1cncc(C(=O)N(C)c2ccccc2/C(N)=N/O)c1. The first-order valence-electron chi connectivity index (χ1n) is 6.31. The van der Waals surface area contributed by atoms with Gasteiger partial charge in [0.15, 0.2) is 5.84 Å². The summed E-state index contributed by atoms with van der Waals surface area (Å²) in [5.41, 5.74) is 8.06. The summed E-state index contributed by atoms with van der Waals surface area (Å²) in [6.07, 6.45) is 3.19. The van der Waals surface area contributed by atoms with Crippen molar-refractivity contribution in [3.05, 3.63) is 59.4 Å². The fraction of sp³-hybridized carbons (Fsp3) is 0.133. The molecule has 3 N–H and O–H groups in total. The molecule has 0 radical (unpaired) electrons. The van der Waals surface area contributed by atoms with E-state index >= 15 is 0 Å². The number of para-hydroxylation sites is 1. The fourth-order valence-electron chi connectivity index (χ4n) is 2.01. The molecule has 0 bridgehead atoms. The van der Waals surface area contributed by atoms with Crippen LogP contribution in [0, 0.1) is 6.92 Å². The normalized spacial score (nSPS) is 11.2. The van der Waals surface area contributed by atoms with Gasteiger partial charge in [0, 0.05) is 25.0 Å². The third-order valence-electron chi connectivity index (χ3n) is 3.08. The van der Waals surface area contributed by atoms with Gasteiger partial charge in [-0.3, -0.25) is 9.78 Å². The van der Waals surface area contributed by atoms with Crippen molar-refractivity contribution in [2.24, 2.45) is 10.9 Å². The molecule has 0 aliphatic heterocycles. The van der Waals surface area contributed by atoms with Gasteiger partial charge in [-0.2, -0.15) is 0 Å². The highest BCUT2D eigenvalue weighted by atomic mass is 16.4. The van der Waals surface area contributed by atoms with E-state index in [1.807, 2.05) is 6.92 Å². The predicted octanol–water partition coefficient (Wildman–Crippen LogP) is 1.76. The Morgan fingerprint density at radius 2 is 2.05 bits per heavy atom. The molecule has 1 aromatic carbocycles. The largest absolute Gasteiger partial charge is 0.409 e. The van der Waals surface area contributed by atoms with Crippen LogP contribution in [-0.2, 0) is 0 Å². The maximum Gasteiger partial charge on any atom is 0.259 e. The van der Waals surface area contributed by atoms with Gasteiger partial charge in [-0.1, -0.05) is 17.3 Å². The van der Waals surface area contributed by atoms with Crippen molar-refractivity contribution in [2.45, 2.75) is 6.92 Å². The van der Waals surface area contributed by atoms with Gasteiger partial charge >= 0.3 is 0 Å². The number of amides is 1. The Kier molecular flexibility index (Phi) is 4.18. The number of carbonyl (C=O) groups excluding carboxylic acids is 1. The molecule has 21 heavy (non-hydrogen) atoms. The first-order chi connectivity index (χ1) is 10.0. The summed E-state index contributed by atoms with van der Waals surface area (Å²) in [6, 6.07) is 8.71. The monoisotopic (exact) mass is 284 g/mol. The number of benzene rings is 1. The lowest BCUT2D eigenvalue weighted by atomic mass is 10.1. The van der Waals surface area contributed by atoms with Crippen LogP contribution in [0.5, 0.6) is 0 Å². The van der Waals surface area contributed by atoms with Crippen LogP contribution in [0.15, 0.2) is 47.9 Å². The van der Waals surface area contributed by atoms with Crippen LogP contribution in [-0.4, -0.2) is 29.0 Å². The molecule has 0 unspecified atom stereocenters. The van der Waals surface area contributed by atoms with Crippen molar-refractivity contribution in [3.63, 3.8) is 0 Å². The number of aryl methyl sites for hydroxylation is 1. The maximum atomic E-state index is 12.5. The van der Waals surface area contributed by atoms with Gasteiger partial charge in [-0.15, -0.1) is 0 Å². The molecular formula is C15H16N4O2. The molecule has 0 aliphatic carbocycles. The lowest BCUT2D eigenvalue weighted by molar-refractivity contribution is 0.0992. The Balaban J connectivity index is 2.41. The highest BCUT2D eigenvalue weighted by molar-refractivity contribution is 6.10. The number of oxime groups is 1. The van der Waals surface area contributed by atoms with Crippen LogP contribution in [0.1, 0.15) is 21.5 Å². The van der Waals surface area contributed by atoms with Crippen molar-refractivity contribution in [1.82, 2.24) is 4.98 Å². The molecule has 1 heterocycles. The summed E-state index contributed by atoms with van der Waals surface area (Å²) in [5.74, 6) is -0.267. The lowest BCUT2D eigenvalue weighted by Gasteiger charge is -2.20. The second-order valence-corrected chi connectivity index (χ2v) is 4.62. The molecule has 0 aliphatic rings. The lowest BCUT2D eigenvalue weighted by Crippen LogP contribution is -2.29. The average Bonchev–Trinajstić information content (AvgIpc) is 2.52. The Morgan fingerprint density at radius 3 is 2.71 bits per heavy atom. The Hall–Kier alpha value is -2.89. The van der Waals surface area contributed by atoms with Crippen LogP contribution in [0.4, 0.5) is 5.69 Å². The zero-order chi connectivity index (χ0) is 15.4. The number of nitrogens with two attached hydrogens (primary N) is 1. The van der Waals surface area contributed by atoms with Gasteiger partial charge < -0.3 is 15.8 Å². The van der Waals surface area contributed by atoms with E-state index < -0.39 is 0 Å². The average molecular weight is 284 g/mol. The molecule has 1 amide bonds. The third kappa shape index (κ3) is 3.00. The van der Waals surface area contributed by atoms with Crippen LogP contribution < -0.4 is 10.6 Å². The number of rotatable bonds is 3. The van der Waals surface area contributed by atoms with Gasteiger partial charge in [0.25, 0.3) is 5.91 Å². The number of amidine groups is 1. The van der Waals surface area contributed by atoms with Crippen LogP contribution >= 0.6 is 0 Å². The van der Waals surface area contributed by atoms with Crippen molar-refractivity contribution in [1.29, 1.82) is 0 Å². The Labute approximate surface area is 122 Å². The van der Waals surface area contributed by atoms with E-state index in [2.05, 4.69) is 10.1 Å². The number of anilines is 1. The molecule has 6 heteroatoms. The van der Waals surface area contributed by atoms with Gasteiger partial charge in [-0.05, 0) is 30.7 Å². The maximum absolute atomic E-state index is 12.5.